The number of aliphatic hydroxyl groups is 1. The first-order valence-corrected chi connectivity index (χ1v) is 12.2. The normalized spacial score (nSPS) is 41.2. The van der Waals surface area contributed by atoms with E-state index >= 15 is 0 Å². The van der Waals surface area contributed by atoms with Crippen molar-refractivity contribution in [2.45, 2.75) is 76.7 Å². The van der Waals surface area contributed by atoms with Gasteiger partial charge < -0.3 is 10.2 Å². The highest BCUT2D eigenvalue weighted by Gasteiger charge is 2.60. The third-order valence-electron chi connectivity index (χ3n) is 10.2. The van der Waals surface area contributed by atoms with Gasteiger partial charge in [-0.3, -0.25) is 4.98 Å². The molecule has 0 spiro atoms. The SMILES string of the molecule is C[C@]12CC[C@H](O)C[C@@H]1CC[C@H]1[C@H]2CC[C@]2(C)c3nc4ccccc4c(C(=O)O)c3C[C@@H]12. The number of hydrogen-bond acceptors (Lipinski definition) is 3. The number of carbonyl (C=O) groups is 1. The zero-order valence-corrected chi connectivity index (χ0v) is 18.6. The van der Waals surface area contributed by atoms with E-state index in [1.165, 1.54) is 19.3 Å². The smallest absolute Gasteiger partial charge is 0.336 e. The van der Waals surface area contributed by atoms with Crippen molar-refractivity contribution >= 4 is 16.9 Å². The molecule has 6 rings (SSSR count). The van der Waals surface area contributed by atoms with Gasteiger partial charge in [0.1, 0.15) is 0 Å². The lowest BCUT2D eigenvalue weighted by molar-refractivity contribution is -0.111. The molecule has 4 aliphatic carbocycles. The number of nitrogens with zero attached hydrogens (tertiary/aromatic N) is 1. The van der Waals surface area contributed by atoms with Gasteiger partial charge in [-0.2, -0.15) is 0 Å². The maximum atomic E-state index is 12.4. The van der Waals surface area contributed by atoms with Crippen LogP contribution < -0.4 is 0 Å². The molecule has 1 aromatic carbocycles. The predicted octanol–water partition coefficient (Wildman–Crippen LogP) is 5.35. The molecule has 2 N–H and O–H groups in total. The lowest BCUT2D eigenvalue weighted by atomic mass is 9.45. The van der Waals surface area contributed by atoms with Crippen molar-refractivity contribution in [1.82, 2.24) is 4.98 Å². The Bertz CT molecular complexity index is 1080. The Labute approximate surface area is 184 Å². The summed E-state index contributed by atoms with van der Waals surface area (Å²) in [5, 5.41) is 21.2. The predicted molar refractivity (Wildman–Crippen MR) is 120 cm³/mol. The van der Waals surface area contributed by atoms with Gasteiger partial charge in [0.05, 0.1) is 22.9 Å². The summed E-state index contributed by atoms with van der Waals surface area (Å²) >= 11 is 0. The highest BCUT2D eigenvalue weighted by atomic mass is 16.4. The van der Waals surface area contributed by atoms with Gasteiger partial charge >= 0.3 is 5.97 Å². The third-order valence-corrected chi connectivity index (χ3v) is 10.2. The number of pyridine rings is 1. The third kappa shape index (κ3) is 2.57. The van der Waals surface area contributed by atoms with Gasteiger partial charge in [-0.15, -0.1) is 0 Å². The van der Waals surface area contributed by atoms with Crippen LogP contribution in [0.25, 0.3) is 10.9 Å². The molecule has 3 saturated carbocycles. The van der Waals surface area contributed by atoms with Crippen LogP contribution in [0.3, 0.4) is 0 Å². The fraction of sp³-hybridized carbons (Fsp3) is 0.630. The van der Waals surface area contributed by atoms with Gasteiger partial charge in [-0.1, -0.05) is 32.0 Å². The van der Waals surface area contributed by atoms with Gasteiger partial charge in [0.15, 0.2) is 0 Å². The Balaban J connectivity index is 1.45. The summed E-state index contributed by atoms with van der Waals surface area (Å²) in [5.41, 5.74) is 3.69. The first-order chi connectivity index (χ1) is 14.8. The minimum Gasteiger partial charge on any atom is -0.478 e. The number of carboxylic acids is 1. The second-order valence-corrected chi connectivity index (χ2v) is 11.4. The van der Waals surface area contributed by atoms with Crippen molar-refractivity contribution in [3.63, 3.8) is 0 Å². The number of rotatable bonds is 1. The molecular weight excluding hydrogens is 386 g/mol. The first-order valence-electron chi connectivity index (χ1n) is 12.2. The number of aromatic carboxylic acids is 1. The molecule has 0 radical (unpaired) electrons. The van der Waals surface area contributed by atoms with Gasteiger partial charge in [0.25, 0.3) is 0 Å². The number of fused-ring (bicyclic) bond motifs is 8. The summed E-state index contributed by atoms with van der Waals surface area (Å²) in [5.74, 6) is 1.63. The summed E-state index contributed by atoms with van der Waals surface area (Å²) in [6.07, 6.45) is 8.51. The van der Waals surface area contributed by atoms with E-state index < -0.39 is 5.97 Å². The van der Waals surface area contributed by atoms with E-state index in [1.807, 2.05) is 24.3 Å². The van der Waals surface area contributed by atoms with Crippen molar-refractivity contribution in [3.8, 4) is 0 Å². The second kappa shape index (κ2) is 6.54. The molecule has 0 unspecified atom stereocenters. The van der Waals surface area contributed by atoms with Crippen molar-refractivity contribution in [2.24, 2.45) is 29.1 Å². The van der Waals surface area contributed by atoms with Gasteiger partial charge in [-0.05, 0) is 92.1 Å². The van der Waals surface area contributed by atoms with Gasteiger partial charge in [0, 0.05) is 10.8 Å². The number of para-hydroxylation sites is 1. The average molecular weight is 420 g/mol. The molecule has 7 atom stereocenters. The standard InChI is InChI=1S/C27H33NO3/c1-26-11-9-16(29)13-15(26)7-8-17-20(26)10-12-27(2)21(17)14-19-23(25(30)31)18-5-3-4-6-22(18)28-24(19)27/h3-6,15-17,20-21,29H,7-14H2,1-2H3,(H,30,31)/t15-,16-,17-,20+,21-,26-,27-/m0/s1. The lowest BCUT2D eigenvalue weighted by Crippen LogP contribution is -2.54. The fourth-order valence-electron chi connectivity index (χ4n) is 8.61. The Morgan fingerprint density at radius 1 is 1.06 bits per heavy atom. The largest absolute Gasteiger partial charge is 0.478 e. The zero-order valence-electron chi connectivity index (χ0n) is 18.6. The van der Waals surface area contributed by atoms with Gasteiger partial charge in [-0.25, -0.2) is 4.79 Å². The van der Waals surface area contributed by atoms with Gasteiger partial charge in [0.2, 0.25) is 0 Å². The van der Waals surface area contributed by atoms with E-state index in [0.29, 0.717) is 34.7 Å². The topological polar surface area (TPSA) is 70.4 Å². The zero-order chi connectivity index (χ0) is 21.5. The lowest BCUT2D eigenvalue weighted by Gasteiger charge is -2.60. The van der Waals surface area contributed by atoms with Crippen LogP contribution in [0.4, 0.5) is 0 Å². The van der Waals surface area contributed by atoms with E-state index in [-0.39, 0.29) is 11.5 Å². The minimum atomic E-state index is -0.814. The van der Waals surface area contributed by atoms with Crippen molar-refractivity contribution in [2.75, 3.05) is 0 Å². The maximum absolute atomic E-state index is 12.4. The van der Waals surface area contributed by atoms with E-state index in [4.69, 9.17) is 4.98 Å². The Hall–Kier alpha value is -1.94. The Kier molecular flexibility index (Phi) is 4.16. The molecule has 4 aliphatic rings. The summed E-state index contributed by atoms with van der Waals surface area (Å²) in [6, 6.07) is 7.75. The van der Waals surface area contributed by atoms with E-state index in [9.17, 15) is 15.0 Å². The molecular formula is C27H33NO3. The first kappa shape index (κ1) is 19.7. The molecule has 1 aromatic heterocycles. The van der Waals surface area contributed by atoms with Crippen LogP contribution in [0.5, 0.6) is 0 Å². The molecule has 0 amide bonds. The molecule has 4 nitrogen and oxygen atoms in total. The molecule has 0 bridgehead atoms. The molecule has 0 saturated heterocycles. The average Bonchev–Trinajstić information content (AvgIpc) is 3.04. The van der Waals surface area contributed by atoms with Crippen molar-refractivity contribution in [3.05, 3.63) is 41.1 Å². The van der Waals surface area contributed by atoms with Crippen LogP contribution in [0.2, 0.25) is 0 Å². The summed E-state index contributed by atoms with van der Waals surface area (Å²) in [4.78, 5) is 17.5. The van der Waals surface area contributed by atoms with Crippen LogP contribution in [-0.2, 0) is 11.8 Å². The Morgan fingerprint density at radius 2 is 1.87 bits per heavy atom. The van der Waals surface area contributed by atoms with Crippen LogP contribution in [0.15, 0.2) is 24.3 Å². The number of aliphatic hydroxyl groups excluding tert-OH is 1. The quantitative estimate of drug-likeness (QED) is 0.654. The molecule has 4 heteroatoms. The number of aromatic nitrogens is 1. The minimum absolute atomic E-state index is 0.0257. The van der Waals surface area contributed by atoms with Crippen molar-refractivity contribution in [1.29, 1.82) is 0 Å². The maximum Gasteiger partial charge on any atom is 0.336 e. The van der Waals surface area contributed by atoms with Crippen LogP contribution in [0.1, 0.15) is 80.4 Å². The molecule has 3 fully saturated rings. The molecule has 164 valence electrons. The van der Waals surface area contributed by atoms with Crippen LogP contribution in [-0.4, -0.2) is 27.3 Å². The summed E-state index contributed by atoms with van der Waals surface area (Å²) in [6.45, 7) is 4.87. The highest BCUT2D eigenvalue weighted by molar-refractivity contribution is 6.04. The fourth-order valence-corrected chi connectivity index (χ4v) is 8.61. The summed E-state index contributed by atoms with van der Waals surface area (Å²) in [7, 11) is 0. The number of benzene rings is 1. The molecule has 1 heterocycles. The van der Waals surface area contributed by atoms with E-state index in [2.05, 4.69) is 13.8 Å². The monoisotopic (exact) mass is 419 g/mol. The van der Waals surface area contributed by atoms with Crippen LogP contribution >= 0.6 is 0 Å². The molecule has 2 aromatic rings. The number of hydrogen-bond donors (Lipinski definition) is 2. The van der Waals surface area contributed by atoms with Crippen molar-refractivity contribution < 1.29 is 15.0 Å². The van der Waals surface area contributed by atoms with E-state index in [0.717, 1.165) is 54.3 Å². The number of carboxylic acid groups (broad SMARTS) is 1. The summed E-state index contributed by atoms with van der Waals surface area (Å²) < 4.78 is 0. The highest BCUT2D eigenvalue weighted by Crippen LogP contribution is 2.65. The molecule has 0 aliphatic heterocycles. The second-order valence-electron chi connectivity index (χ2n) is 11.4. The molecule has 31 heavy (non-hydrogen) atoms. The van der Waals surface area contributed by atoms with E-state index in [1.54, 1.807) is 0 Å². The van der Waals surface area contributed by atoms with Crippen LogP contribution in [0, 0.1) is 29.1 Å². The Morgan fingerprint density at radius 3 is 2.68 bits per heavy atom.